The van der Waals surface area contributed by atoms with Crippen LogP contribution in [0.25, 0.3) is 0 Å². The molecule has 0 N–H and O–H groups in total. The highest BCUT2D eigenvalue weighted by Crippen LogP contribution is 2.27. The van der Waals surface area contributed by atoms with Gasteiger partial charge in [0.25, 0.3) is 0 Å². The normalized spacial score (nSPS) is 22.6. The minimum atomic E-state index is 0.385. The predicted molar refractivity (Wildman–Crippen MR) is 132 cm³/mol. The smallest absolute Gasteiger partial charge is 0.0621 e. The summed E-state index contributed by atoms with van der Waals surface area (Å²) < 4.78 is 18.3. The second kappa shape index (κ2) is 18.3. The summed E-state index contributed by atoms with van der Waals surface area (Å²) in [6.07, 6.45) is 28.0. The SMILES string of the molecule is CCCCCCCCCC(CC1CCO1)OC(CCCCCCCCC)CC1CCO1. The molecule has 2 rings (SSSR count). The van der Waals surface area contributed by atoms with E-state index in [-0.39, 0.29) is 0 Å². The predicted octanol–water partition coefficient (Wildman–Crippen LogP) is 8.38. The van der Waals surface area contributed by atoms with Gasteiger partial charge in [-0.2, -0.15) is 0 Å². The molecular formula is C28H54O3. The lowest BCUT2D eigenvalue weighted by molar-refractivity contribution is -0.124. The lowest BCUT2D eigenvalue weighted by Crippen LogP contribution is -2.36. The van der Waals surface area contributed by atoms with Crippen molar-refractivity contribution in [3.8, 4) is 0 Å². The zero-order valence-corrected chi connectivity index (χ0v) is 21.1. The molecule has 3 nitrogen and oxygen atoms in total. The largest absolute Gasteiger partial charge is 0.378 e. The molecule has 3 heteroatoms. The Kier molecular flexibility index (Phi) is 16.0. The molecule has 4 atom stereocenters. The van der Waals surface area contributed by atoms with Crippen molar-refractivity contribution in [3.63, 3.8) is 0 Å². The van der Waals surface area contributed by atoms with E-state index >= 15 is 0 Å². The Morgan fingerprint density at radius 1 is 0.581 bits per heavy atom. The average Bonchev–Trinajstić information content (AvgIpc) is 2.71. The Bertz CT molecular complexity index is 356. The molecule has 2 saturated heterocycles. The summed E-state index contributed by atoms with van der Waals surface area (Å²) >= 11 is 0. The van der Waals surface area contributed by atoms with Crippen molar-refractivity contribution in [2.75, 3.05) is 13.2 Å². The van der Waals surface area contributed by atoms with Gasteiger partial charge in [-0.1, -0.05) is 104 Å². The van der Waals surface area contributed by atoms with Crippen LogP contribution in [-0.2, 0) is 14.2 Å². The third-order valence-electron chi connectivity index (χ3n) is 7.28. The van der Waals surface area contributed by atoms with Gasteiger partial charge in [0, 0.05) is 13.2 Å². The first kappa shape index (κ1) is 27.1. The number of ether oxygens (including phenoxy) is 3. The molecule has 31 heavy (non-hydrogen) atoms. The summed E-state index contributed by atoms with van der Waals surface area (Å²) in [7, 11) is 0. The van der Waals surface area contributed by atoms with E-state index in [2.05, 4.69) is 13.8 Å². The Hall–Kier alpha value is -0.120. The van der Waals surface area contributed by atoms with Crippen LogP contribution in [0.2, 0.25) is 0 Å². The highest BCUT2D eigenvalue weighted by Gasteiger charge is 2.28. The second-order valence-corrected chi connectivity index (χ2v) is 10.2. The molecular weight excluding hydrogens is 384 g/mol. The summed E-state index contributed by atoms with van der Waals surface area (Å²) in [6, 6.07) is 0. The van der Waals surface area contributed by atoms with Gasteiger partial charge < -0.3 is 14.2 Å². The number of unbranched alkanes of at least 4 members (excludes halogenated alkanes) is 12. The minimum Gasteiger partial charge on any atom is -0.378 e. The van der Waals surface area contributed by atoms with Crippen molar-refractivity contribution < 1.29 is 14.2 Å². The van der Waals surface area contributed by atoms with Gasteiger partial charge in [0.15, 0.2) is 0 Å². The van der Waals surface area contributed by atoms with Gasteiger partial charge in [0.05, 0.1) is 24.4 Å². The molecule has 0 amide bonds. The van der Waals surface area contributed by atoms with Crippen LogP contribution >= 0.6 is 0 Å². The molecule has 2 heterocycles. The zero-order chi connectivity index (χ0) is 22.0. The van der Waals surface area contributed by atoms with E-state index in [0.717, 1.165) is 26.1 Å². The van der Waals surface area contributed by atoms with Gasteiger partial charge in [-0.15, -0.1) is 0 Å². The molecule has 2 aliphatic heterocycles. The van der Waals surface area contributed by atoms with Crippen LogP contribution in [0, 0.1) is 0 Å². The Labute approximate surface area is 194 Å². The first-order valence-electron chi connectivity index (χ1n) is 14.2. The number of hydrogen-bond acceptors (Lipinski definition) is 3. The van der Waals surface area contributed by atoms with Gasteiger partial charge in [-0.05, 0) is 38.5 Å². The first-order valence-corrected chi connectivity index (χ1v) is 14.2. The fourth-order valence-corrected chi connectivity index (χ4v) is 4.94. The third kappa shape index (κ3) is 13.2. The third-order valence-corrected chi connectivity index (χ3v) is 7.28. The molecule has 0 aliphatic carbocycles. The maximum Gasteiger partial charge on any atom is 0.0621 e. The Morgan fingerprint density at radius 3 is 1.26 bits per heavy atom. The van der Waals surface area contributed by atoms with Gasteiger partial charge in [0.2, 0.25) is 0 Å². The van der Waals surface area contributed by atoms with Crippen LogP contribution in [0.1, 0.15) is 142 Å². The van der Waals surface area contributed by atoms with E-state index < -0.39 is 0 Å². The molecule has 0 spiro atoms. The van der Waals surface area contributed by atoms with E-state index in [1.807, 2.05) is 0 Å². The highest BCUT2D eigenvalue weighted by molar-refractivity contribution is 4.77. The van der Waals surface area contributed by atoms with Crippen molar-refractivity contribution in [3.05, 3.63) is 0 Å². The molecule has 0 saturated carbocycles. The van der Waals surface area contributed by atoms with Crippen LogP contribution < -0.4 is 0 Å². The monoisotopic (exact) mass is 438 g/mol. The maximum absolute atomic E-state index is 6.79. The maximum atomic E-state index is 6.79. The van der Waals surface area contributed by atoms with Crippen molar-refractivity contribution in [2.24, 2.45) is 0 Å². The topological polar surface area (TPSA) is 27.7 Å². The molecule has 0 aromatic rings. The fourth-order valence-electron chi connectivity index (χ4n) is 4.94. The van der Waals surface area contributed by atoms with Crippen molar-refractivity contribution in [1.29, 1.82) is 0 Å². The first-order chi connectivity index (χ1) is 15.3. The molecule has 0 bridgehead atoms. The zero-order valence-electron chi connectivity index (χ0n) is 21.1. The lowest BCUT2D eigenvalue weighted by atomic mass is 9.97. The molecule has 0 aromatic carbocycles. The minimum absolute atomic E-state index is 0.385. The van der Waals surface area contributed by atoms with Crippen molar-refractivity contribution in [2.45, 2.75) is 167 Å². The van der Waals surface area contributed by atoms with Crippen molar-refractivity contribution in [1.82, 2.24) is 0 Å². The molecule has 2 aliphatic rings. The fraction of sp³-hybridized carbons (Fsp3) is 1.00. The molecule has 0 aromatic heterocycles. The Balaban J connectivity index is 1.69. The van der Waals surface area contributed by atoms with Gasteiger partial charge in [0.1, 0.15) is 0 Å². The highest BCUT2D eigenvalue weighted by atomic mass is 16.5. The lowest BCUT2D eigenvalue weighted by Gasteiger charge is -2.35. The van der Waals surface area contributed by atoms with Gasteiger partial charge >= 0.3 is 0 Å². The molecule has 4 unspecified atom stereocenters. The van der Waals surface area contributed by atoms with Crippen LogP contribution in [0.4, 0.5) is 0 Å². The standard InChI is InChI=1S/C28H54O3/c1-3-5-7-9-11-13-15-17-27(23-25-19-21-29-25)31-28(24-26-20-22-30-26)18-16-14-12-10-8-6-4-2/h25-28H,3-24H2,1-2H3. The Morgan fingerprint density at radius 2 is 0.935 bits per heavy atom. The van der Waals surface area contributed by atoms with Crippen LogP contribution in [0.15, 0.2) is 0 Å². The van der Waals surface area contributed by atoms with Crippen LogP contribution in [0.3, 0.4) is 0 Å². The summed E-state index contributed by atoms with van der Waals surface area (Å²) in [5, 5.41) is 0. The number of rotatable bonds is 22. The molecule has 184 valence electrons. The molecule has 2 fully saturated rings. The van der Waals surface area contributed by atoms with Gasteiger partial charge in [-0.25, -0.2) is 0 Å². The summed E-state index contributed by atoms with van der Waals surface area (Å²) in [6.45, 7) is 6.49. The summed E-state index contributed by atoms with van der Waals surface area (Å²) in [4.78, 5) is 0. The summed E-state index contributed by atoms with van der Waals surface area (Å²) in [5.74, 6) is 0. The van der Waals surface area contributed by atoms with E-state index in [4.69, 9.17) is 14.2 Å². The number of hydrogen-bond donors (Lipinski definition) is 0. The summed E-state index contributed by atoms with van der Waals surface area (Å²) in [5.41, 5.74) is 0. The van der Waals surface area contributed by atoms with E-state index in [9.17, 15) is 0 Å². The van der Waals surface area contributed by atoms with Gasteiger partial charge in [-0.3, -0.25) is 0 Å². The van der Waals surface area contributed by atoms with Crippen LogP contribution in [-0.4, -0.2) is 37.6 Å². The van der Waals surface area contributed by atoms with E-state index in [1.165, 1.54) is 116 Å². The second-order valence-electron chi connectivity index (χ2n) is 10.2. The molecule has 0 radical (unpaired) electrons. The van der Waals surface area contributed by atoms with Crippen LogP contribution in [0.5, 0.6) is 0 Å². The van der Waals surface area contributed by atoms with Crippen molar-refractivity contribution >= 4 is 0 Å². The quantitative estimate of drug-likeness (QED) is 0.159. The average molecular weight is 439 g/mol. The van der Waals surface area contributed by atoms with E-state index in [1.54, 1.807) is 0 Å². The van der Waals surface area contributed by atoms with E-state index in [0.29, 0.717) is 24.4 Å².